The topological polar surface area (TPSA) is 49.2 Å². The molecule has 0 aliphatic carbocycles. The standard InChI is InChI=1S/C13H18BN3O2S/c1-12(2)13(3,4)19-14(18-12)9-7-17(5)16-11(9)10-6-15-8-20-10/h6-8H,1-5H3. The number of rotatable bonds is 2. The number of thiazole rings is 1. The minimum Gasteiger partial charge on any atom is -0.399 e. The summed E-state index contributed by atoms with van der Waals surface area (Å²) in [5, 5.41) is 4.52. The molecule has 20 heavy (non-hydrogen) atoms. The molecule has 2 aromatic rings. The summed E-state index contributed by atoms with van der Waals surface area (Å²) in [6.45, 7) is 8.21. The van der Waals surface area contributed by atoms with Gasteiger partial charge in [-0.1, -0.05) is 0 Å². The molecule has 0 saturated carbocycles. The molecule has 3 heterocycles. The number of aryl methyl sites for hydroxylation is 1. The molecule has 3 rings (SSSR count). The highest BCUT2D eigenvalue weighted by Crippen LogP contribution is 2.37. The van der Waals surface area contributed by atoms with Crippen LogP contribution in [0.2, 0.25) is 0 Å². The molecule has 0 bridgehead atoms. The van der Waals surface area contributed by atoms with Crippen LogP contribution in [-0.2, 0) is 16.4 Å². The second kappa shape index (κ2) is 4.41. The molecule has 1 aliphatic heterocycles. The van der Waals surface area contributed by atoms with Gasteiger partial charge in [-0.05, 0) is 27.7 Å². The van der Waals surface area contributed by atoms with Gasteiger partial charge in [-0.15, -0.1) is 11.3 Å². The molecule has 7 heteroatoms. The first-order chi connectivity index (χ1) is 9.30. The Balaban J connectivity index is 2.01. The van der Waals surface area contributed by atoms with Gasteiger partial charge in [0.15, 0.2) is 0 Å². The molecule has 0 radical (unpaired) electrons. The van der Waals surface area contributed by atoms with Gasteiger partial charge in [0.05, 0.1) is 21.6 Å². The zero-order valence-electron chi connectivity index (χ0n) is 12.4. The van der Waals surface area contributed by atoms with E-state index in [2.05, 4.69) is 37.8 Å². The van der Waals surface area contributed by atoms with Crippen LogP contribution in [-0.4, -0.2) is 33.1 Å². The van der Waals surface area contributed by atoms with Crippen molar-refractivity contribution in [3.8, 4) is 10.6 Å². The minimum absolute atomic E-state index is 0.349. The summed E-state index contributed by atoms with van der Waals surface area (Å²) in [7, 11) is 1.50. The third-order valence-electron chi connectivity index (χ3n) is 4.03. The summed E-state index contributed by atoms with van der Waals surface area (Å²) in [5.41, 5.74) is 2.94. The predicted molar refractivity (Wildman–Crippen MR) is 80.0 cm³/mol. The number of nitrogens with zero attached hydrogens (tertiary/aromatic N) is 3. The molecular weight excluding hydrogens is 273 g/mol. The summed E-state index contributed by atoms with van der Waals surface area (Å²) in [6, 6.07) is 0. The summed E-state index contributed by atoms with van der Waals surface area (Å²) < 4.78 is 14.0. The second-order valence-corrected chi connectivity index (χ2v) is 6.95. The highest BCUT2D eigenvalue weighted by atomic mass is 32.1. The summed E-state index contributed by atoms with van der Waals surface area (Å²) >= 11 is 1.56. The lowest BCUT2D eigenvalue weighted by molar-refractivity contribution is 0.00578. The molecule has 0 atom stereocenters. The SMILES string of the molecule is Cn1cc(B2OC(C)(C)C(C)(C)O2)c(-c2cncs2)n1. The smallest absolute Gasteiger partial charge is 0.399 e. The van der Waals surface area contributed by atoms with Gasteiger partial charge in [-0.25, -0.2) is 0 Å². The monoisotopic (exact) mass is 291 g/mol. The summed E-state index contributed by atoms with van der Waals surface area (Å²) in [6.07, 6.45) is 3.78. The van der Waals surface area contributed by atoms with Crippen LogP contribution in [0.3, 0.4) is 0 Å². The largest absolute Gasteiger partial charge is 0.498 e. The molecule has 1 saturated heterocycles. The van der Waals surface area contributed by atoms with Gasteiger partial charge < -0.3 is 9.31 Å². The normalized spacial score (nSPS) is 20.6. The van der Waals surface area contributed by atoms with Crippen molar-refractivity contribution in [2.75, 3.05) is 0 Å². The maximum atomic E-state index is 6.11. The first-order valence-electron chi connectivity index (χ1n) is 6.58. The first kappa shape index (κ1) is 13.8. The van der Waals surface area contributed by atoms with Crippen molar-refractivity contribution in [2.24, 2.45) is 7.05 Å². The fraction of sp³-hybridized carbons (Fsp3) is 0.538. The van der Waals surface area contributed by atoms with Gasteiger partial charge in [-0.3, -0.25) is 9.67 Å². The zero-order chi connectivity index (χ0) is 14.5. The number of hydrogen-bond acceptors (Lipinski definition) is 5. The van der Waals surface area contributed by atoms with E-state index in [1.165, 1.54) is 0 Å². The van der Waals surface area contributed by atoms with Crippen molar-refractivity contribution in [1.29, 1.82) is 0 Å². The van der Waals surface area contributed by atoms with Gasteiger partial charge in [0, 0.05) is 24.9 Å². The van der Waals surface area contributed by atoms with Crippen LogP contribution >= 0.6 is 11.3 Å². The lowest BCUT2D eigenvalue weighted by Crippen LogP contribution is -2.41. The molecule has 0 spiro atoms. The van der Waals surface area contributed by atoms with Crippen LogP contribution < -0.4 is 5.46 Å². The van der Waals surface area contributed by atoms with Crippen LogP contribution in [0, 0.1) is 0 Å². The van der Waals surface area contributed by atoms with E-state index in [1.807, 2.05) is 19.4 Å². The third kappa shape index (κ3) is 2.10. The Kier molecular flexibility index (Phi) is 3.04. The maximum Gasteiger partial charge on any atom is 0.498 e. The van der Waals surface area contributed by atoms with Crippen molar-refractivity contribution in [2.45, 2.75) is 38.9 Å². The Bertz CT molecular complexity index is 606. The average Bonchev–Trinajstić information content (AvgIpc) is 2.98. The highest BCUT2D eigenvalue weighted by Gasteiger charge is 2.52. The Morgan fingerprint density at radius 2 is 1.85 bits per heavy atom. The molecule has 0 aromatic carbocycles. The Morgan fingerprint density at radius 3 is 2.40 bits per heavy atom. The molecule has 5 nitrogen and oxygen atoms in total. The van der Waals surface area contributed by atoms with Crippen LogP contribution in [0.25, 0.3) is 10.6 Å². The molecule has 0 N–H and O–H groups in total. The van der Waals surface area contributed by atoms with Crippen molar-refractivity contribution in [1.82, 2.24) is 14.8 Å². The van der Waals surface area contributed by atoms with Gasteiger partial charge in [0.2, 0.25) is 0 Å². The number of hydrogen-bond donors (Lipinski definition) is 0. The van der Waals surface area contributed by atoms with Crippen molar-refractivity contribution in [3.05, 3.63) is 17.9 Å². The van der Waals surface area contributed by atoms with Crippen molar-refractivity contribution >= 4 is 23.9 Å². The van der Waals surface area contributed by atoms with Gasteiger partial charge in [0.1, 0.15) is 5.69 Å². The Morgan fingerprint density at radius 1 is 1.20 bits per heavy atom. The van der Waals surface area contributed by atoms with Crippen LogP contribution in [0.5, 0.6) is 0 Å². The average molecular weight is 291 g/mol. The Hall–Kier alpha value is -1.18. The quantitative estimate of drug-likeness (QED) is 0.792. The van der Waals surface area contributed by atoms with E-state index >= 15 is 0 Å². The number of aromatic nitrogens is 3. The summed E-state index contributed by atoms with van der Waals surface area (Å²) in [5.74, 6) is 0. The van der Waals surface area contributed by atoms with E-state index in [0.29, 0.717) is 0 Å². The second-order valence-electron chi connectivity index (χ2n) is 6.06. The third-order valence-corrected chi connectivity index (χ3v) is 4.81. The minimum atomic E-state index is -0.397. The van der Waals surface area contributed by atoms with E-state index < -0.39 is 7.12 Å². The van der Waals surface area contributed by atoms with E-state index in [4.69, 9.17) is 9.31 Å². The molecule has 106 valence electrons. The highest BCUT2D eigenvalue weighted by molar-refractivity contribution is 7.13. The zero-order valence-corrected chi connectivity index (χ0v) is 13.2. The van der Waals surface area contributed by atoms with E-state index in [-0.39, 0.29) is 11.2 Å². The maximum absolute atomic E-state index is 6.11. The lowest BCUT2D eigenvalue weighted by Gasteiger charge is -2.32. The van der Waals surface area contributed by atoms with Gasteiger partial charge >= 0.3 is 7.12 Å². The van der Waals surface area contributed by atoms with E-state index in [0.717, 1.165) is 16.0 Å². The van der Waals surface area contributed by atoms with Gasteiger partial charge in [-0.2, -0.15) is 5.10 Å². The van der Waals surface area contributed by atoms with E-state index in [1.54, 1.807) is 21.5 Å². The fourth-order valence-electron chi connectivity index (χ4n) is 2.17. The molecular formula is C13H18BN3O2S. The summed E-state index contributed by atoms with van der Waals surface area (Å²) in [4.78, 5) is 5.14. The lowest BCUT2D eigenvalue weighted by atomic mass is 9.79. The molecule has 0 unspecified atom stereocenters. The van der Waals surface area contributed by atoms with Crippen LogP contribution in [0.4, 0.5) is 0 Å². The van der Waals surface area contributed by atoms with Crippen LogP contribution in [0.1, 0.15) is 27.7 Å². The fourth-order valence-corrected chi connectivity index (χ4v) is 2.80. The first-order valence-corrected chi connectivity index (χ1v) is 7.46. The molecule has 1 aliphatic rings. The van der Waals surface area contributed by atoms with Gasteiger partial charge in [0.25, 0.3) is 0 Å². The van der Waals surface area contributed by atoms with Crippen LogP contribution in [0.15, 0.2) is 17.9 Å². The van der Waals surface area contributed by atoms with E-state index in [9.17, 15) is 0 Å². The molecule has 0 amide bonds. The van der Waals surface area contributed by atoms with Crippen molar-refractivity contribution < 1.29 is 9.31 Å². The van der Waals surface area contributed by atoms with Crippen molar-refractivity contribution in [3.63, 3.8) is 0 Å². The predicted octanol–water partition coefficient (Wildman–Crippen LogP) is 1.84. The molecule has 1 fully saturated rings. The Labute approximate surface area is 123 Å². The molecule has 2 aromatic heterocycles.